The number of carbonyl (C=O) groups excluding carboxylic acids is 1. The van der Waals surface area contributed by atoms with Crippen molar-refractivity contribution < 1.29 is 22.7 Å². The van der Waals surface area contributed by atoms with Gasteiger partial charge in [-0.15, -0.1) is 0 Å². The summed E-state index contributed by atoms with van der Waals surface area (Å²) in [6.45, 7) is 4.10. The molecular weight excluding hydrogens is 449 g/mol. The van der Waals surface area contributed by atoms with Crippen LogP contribution in [0.3, 0.4) is 0 Å². The molecule has 0 unspecified atom stereocenters. The fraction of sp³-hybridized carbons (Fsp3) is 0.304. The number of rotatable bonds is 7. The van der Waals surface area contributed by atoms with Crippen molar-refractivity contribution in [3.63, 3.8) is 0 Å². The normalized spacial score (nSPS) is 13.2. The van der Waals surface area contributed by atoms with E-state index in [4.69, 9.17) is 4.74 Å². The predicted octanol–water partition coefficient (Wildman–Crippen LogP) is 5.20. The fourth-order valence-corrected chi connectivity index (χ4v) is 3.24. The predicted molar refractivity (Wildman–Crippen MR) is 122 cm³/mol. The zero-order valence-electron chi connectivity index (χ0n) is 18.4. The molecule has 2 amide bonds. The molecule has 1 aliphatic heterocycles. The second kappa shape index (κ2) is 9.94. The summed E-state index contributed by atoms with van der Waals surface area (Å²) in [5, 5.41) is 5.34. The zero-order valence-corrected chi connectivity index (χ0v) is 18.4. The van der Waals surface area contributed by atoms with Crippen molar-refractivity contribution in [2.75, 3.05) is 35.2 Å². The average Bonchev–Trinajstić information content (AvgIpc) is 2.77. The minimum Gasteiger partial charge on any atom is -0.488 e. The second-order valence-electron chi connectivity index (χ2n) is 7.66. The van der Waals surface area contributed by atoms with E-state index >= 15 is 0 Å². The molecule has 1 aliphatic rings. The SMILES string of the molecule is CCCOc1cnc(-c2cccc(C(F)(F)F)c2)nc1NC(=O)Nc1ccnc(N2CCC2)c1. The van der Waals surface area contributed by atoms with Crippen molar-refractivity contribution in [1.82, 2.24) is 15.0 Å². The van der Waals surface area contributed by atoms with Crippen LogP contribution in [0, 0.1) is 0 Å². The van der Waals surface area contributed by atoms with Gasteiger partial charge in [-0.05, 0) is 31.0 Å². The highest BCUT2D eigenvalue weighted by Crippen LogP contribution is 2.32. The first-order chi connectivity index (χ1) is 16.3. The molecule has 3 aromatic rings. The van der Waals surface area contributed by atoms with E-state index in [1.165, 1.54) is 18.3 Å². The molecule has 178 valence electrons. The Morgan fingerprint density at radius 1 is 1.15 bits per heavy atom. The van der Waals surface area contributed by atoms with E-state index < -0.39 is 17.8 Å². The number of carbonyl (C=O) groups is 1. The molecular formula is C23H23F3N6O2. The van der Waals surface area contributed by atoms with Crippen molar-refractivity contribution in [2.24, 2.45) is 0 Å². The number of halogens is 3. The fourth-order valence-electron chi connectivity index (χ4n) is 3.24. The number of hydrogen-bond donors (Lipinski definition) is 2. The molecule has 1 aromatic carbocycles. The lowest BCUT2D eigenvalue weighted by molar-refractivity contribution is -0.137. The van der Waals surface area contributed by atoms with Gasteiger partial charge in [0.05, 0.1) is 18.4 Å². The van der Waals surface area contributed by atoms with Crippen LogP contribution in [0.1, 0.15) is 25.3 Å². The molecule has 0 saturated carbocycles. The van der Waals surface area contributed by atoms with Gasteiger partial charge >= 0.3 is 12.2 Å². The monoisotopic (exact) mass is 472 g/mol. The van der Waals surface area contributed by atoms with Gasteiger partial charge < -0.3 is 15.0 Å². The Morgan fingerprint density at radius 2 is 1.97 bits per heavy atom. The summed E-state index contributed by atoms with van der Waals surface area (Å²) in [6.07, 6.45) is 0.248. The van der Waals surface area contributed by atoms with E-state index in [0.717, 1.165) is 37.5 Å². The molecule has 0 bridgehead atoms. The van der Waals surface area contributed by atoms with Gasteiger partial charge in [-0.1, -0.05) is 19.1 Å². The van der Waals surface area contributed by atoms with Crippen LogP contribution < -0.4 is 20.3 Å². The minimum absolute atomic E-state index is 0.0224. The number of nitrogens with one attached hydrogen (secondary N) is 2. The number of benzene rings is 1. The number of nitrogens with zero attached hydrogens (tertiary/aromatic N) is 4. The number of amides is 2. The Bertz CT molecular complexity index is 1170. The number of alkyl halides is 3. The zero-order chi connectivity index (χ0) is 24.1. The molecule has 3 heterocycles. The summed E-state index contributed by atoms with van der Waals surface area (Å²) in [7, 11) is 0. The largest absolute Gasteiger partial charge is 0.488 e. The Morgan fingerprint density at radius 3 is 2.68 bits per heavy atom. The highest BCUT2D eigenvalue weighted by molar-refractivity contribution is 6.00. The van der Waals surface area contributed by atoms with Gasteiger partial charge in [-0.25, -0.2) is 19.7 Å². The number of pyridine rings is 1. The van der Waals surface area contributed by atoms with Gasteiger partial charge in [0.25, 0.3) is 0 Å². The number of urea groups is 1. The molecule has 8 nitrogen and oxygen atoms in total. The molecule has 0 spiro atoms. The van der Waals surface area contributed by atoms with Crippen molar-refractivity contribution in [1.29, 1.82) is 0 Å². The van der Waals surface area contributed by atoms with Gasteiger partial charge in [0.15, 0.2) is 17.4 Å². The summed E-state index contributed by atoms with van der Waals surface area (Å²) >= 11 is 0. The number of anilines is 3. The minimum atomic E-state index is -4.50. The van der Waals surface area contributed by atoms with Crippen molar-refractivity contribution in [2.45, 2.75) is 25.9 Å². The lowest BCUT2D eigenvalue weighted by Gasteiger charge is -2.32. The van der Waals surface area contributed by atoms with Crippen LogP contribution in [0.2, 0.25) is 0 Å². The standard InChI is InChI=1S/C23H23F3N6O2/c1-2-11-34-18-14-28-20(15-5-3-6-16(12-15)23(24,25)26)30-21(18)31-22(33)29-17-7-8-27-19(13-17)32-9-4-10-32/h3,5-8,12-14H,2,4,9-11H2,1H3,(H2,27,28,29,30,31,33). The number of aromatic nitrogens is 3. The number of ether oxygens (including phenoxy) is 1. The maximum absolute atomic E-state index is 13.1. The Hall–Kier alpha value is -3.89. The van der Waals surface area contributed by atoms with Gasteiger partial charge in [0, 0.05) is 36.6 Å². The smallest absolute Gasteiger partial charge is 0.416 e. The quantitative estimate of drug-likeness (QED) is 0.491. The van der Waals surface area contributed by atoms with Crippen LogP contribution in [0.5, 0.6) is 5.75 Å². The molecule has 0 aliphatic carbocycles. The van der Waals surface area contributed by atoms with E-state index in [1.54, 1.807) is 18.3 Å². The van der Waals surface area contributed by atoms with E-state index in [-0.39, 0.29) is 23.0 Å². The average molecular weight is 472 g/mol. The molecule has 4 rings (SSSR count). The summed E-state index contributed by atoms with van der Waals surface area (Å²) in [5.41, 5.74) is -0.117. The van der Waals surface area contributed by atoms with Gasteiger partial charge in [-0.2, -0.15) is 13.2 Å². The Labute approximate surface area is 194 Å². The lowest BCUT2D eigenvalue weighted by atomic mass is 10.1. The summed E-state index contributed by atoms with van der Waals surface area (Å²) in [6, 6.07) is 7.51. The van der Waals surface area contributed by atoms with Gasteiger partial charge in [0.2, 0.25) is 0 Å². The van der Waals surface area contributed by atoms with Crippen LogP contribution in [-0.4, -0.2) is 40.7 Å². The van der Waals surface area contributed by atoms with Crippen LogP contribution in [-0.2, 0) is 6.18 Å². The molecule has 2 N–H and O–H groups in total. The third kappa shape index (κ3) is 5.53. The second-order valence-corrected chi connectivity index (χ2v) is 7.66. The molecule has 0 radical (unpaired) electrons. The first-order valence-electron chi connectivity index (χ1n) is 10.8. The molecule has 0 atom stereocenters. The van der Waals surface area contributed by atoms with Gasteiger partial charge in [0.1, 0.15) is 5.82 Å². The third-order valence-electron chi connectivity index (χ3n) is 5.08. The summed E-state index contributed by atoms with van der Waals surface area (Å²) in [5.74, 6) is 1.05. The van der Waals surface area contributed by atoms with E-state index in [9.17, 15) is 18.0 Å². The van der Waals surface area contributed by atoms with Crippen LogP contribution in [0.4, 0.5) is 35.3 Å². The summed E-state index contributed by atoms with van der Waals surface area (Å²) in [4.78, 5) is 27.5. The maximum atomic E-state index is 13.1. The van der Waals surface area contributed by atoms with Crippen LogP contribution in [0.25, 0.3) is 11.4 Å². The van der Waals surface area contributed by atoms with Crippen LogP contribution in [0.15, 0.2) is 48.8 Å². The third-order valence-corrected chi connectivity index (χ3v) is 5.08. The highest BCUT2D eigenvalue weighted by Gasteiger charge is 2.30. The Kier molecular flexibility index (Phi) is 6.80. The summed E-state index contributed by atoms with van der Waals surface area (Å²) < 4.78 is 45.0. The molecule has 34 heavy (non-hydrogen) atoms. The van der Waals surface area contributed by atoms with E-state index in [0.29, 0.717) is 18.7 Å². The number of hydrogen-bond acceptors (Lipinski definition) is 6. The first kappa shape index (κ1) is 23.3. The first-order valence-corrected chi connectivity index (χ1v) is 10.8. The van der Waals surface area contributed by atoms with E-state index in [2.05, 4.69) is 30.5 Å². The van der Waals surface area contributed by atoms with Gasteiger partial charge in [-0.3, -0.25) is 5.32 Å². The highest BCUT2D eigenvalue weighted by atomic mass is 19.4. The molecule has 2 aromatic heterocycles. The van der Waals surface area contributed by atoms with E-state index in [1.807, 2.05) is 6.92 Å². The molecule has 11 heteroatoms. The molecule has 1 fully saturated rings. The topological polar surface area (TPSA) is 92.3 Å². The Balaban J connectivity index is 1.56. The maximum Gasteiger partial charge on any atom is 0.416 e. The van der Waals surface area contributed by atoms with Crippen molar-refractivity contribution in [3.8, 4) is 17.1 Å². The van der Waals surface area contributed by atoms with Crippen LogP contribution >= 0.6 is 0 Å². The van der Waals surface area contributed by atoms with Crippen molar-refractivity contribution in [3.05, 3.63) is 54.4 Å². The lowest BCUT2D eigenvalue weighted by Crippen LogP contribution is -2.37. The molecule has 1 saturated heterocycles. The van der Waals surface area contributed by atoms with Crippen molar-refractivity contribution >= 4 is 23.4 Å².